The Labute approximate surface area is 159 Å². The normalized spacial score (nSPS) is 10.6. The molecule has 0 aliphatic heterocycles. The second-order valence-electron chi connectivity index (χ2n) is 6.41. The molecule has 27 heavy (non-hydrogen) atoms. The molecule has 0 bridgehead atoms. The first-order valence-electron chi connectivity index (χ1n) is 8.98. The number of carbonyl (C=O) groups is 2. The van der Waals surface area contributed by atoms with Gasteiger partial charge in [0.15, 0.2) is 6.61 Å². The molecule has 0 atom stereocenters. The molecule has 2 rings (SSSR count). The minimum Gasteiger partial charge on any atom is -0.452 e. The minimum atomic E-state index is -0.583. The zero-order chi connectivity index (χ0) is 19.8. The van der Waals surface area contributed by atoms with Crippen LogP contribution in [0.4, 0.5) is 11.4 Å². The minimum absolute atomic E-state index is 0.0935. The molecule has 0 fully saturated rings. The maximum atomic E-state index is 12.0. The van der Waals surface area contributed by atoms with E-state index >= 15 is 0 Å². The summed E-state index contributed by atoms with van der Waals surface area (Å²) in [6, 6.07) is 14.3. The Morgan fingerprint density at radius 2 is 1.70 bits per heavy atom. The summed E-state index contributed by atoms with van der Waals surface area (Å²) in [5.74, 6) is -0.986. The van der Waals surface area contributed by atoms with Gasteiger partial charge in [-0.05, 0) is 62.7 Å². The molecule has 0 saturated heterocycles. The van der Waals surface area contributed by atoms with Gasteiger partial charge in [0.05, 0.1) is 12.2 Å². The van der Waals surface area contributed by atoms with Crippen molar-refractivity contribution < 1.29 is 19.4 Å². The fourth-order valence-electron chi connectivity index (χ4n) is 2.74. The highest BCUT2D eigenvalue weighted by Gasteiger charge is 2.11. The number of rotatable bonds is 8. The third-order valence-corrected chi connectivity index (χ3v) is 4.15. The van der Waals surface area contributed by atoms with Crippen LogP contribution in [0.25, 0.3) is 0 Å². The fourth-order valence-corrected chi connectivity index (χ4v) is 2.74. The Hall–Kier alpha value is -2.86. The van der Waals surface area contributed by atoms with Gasteiger partial charge in [0.25, 0.3) is 5.91 Å². The Morgan fingerprint density at radius 3 is 2.22 bits per heavy atom. The van der Waals surface area contributed by atoms with Crippen LogP contribution in [0.3, 0.4) is 0 Å². The smallest absolute Gasteiger partial charge is 0.338 e. The molecule has 0 aliphatic carbocycles. The Kier molecular flexibility index (Phi) is 7.37. The van der Waals surface area contributed by atoms with Crippen LogP contribution in [0.1, 0.15) is 36.7 Å². The number of nitrogens with one attached hydrogen (secondary N) is 1. The average molecular weight is 370 g/mol. The van der Waals surface area contributed by atoms with Crippen molar-refractivity contribution >= 4 is 23.3 Å². The molecule has 0 aliphatic rings. The molecule has 1 amide bonds. The van der Waals surface area contributed by atoms with Crippen LogP contribution >= 0.6 is 0 Å². The quantitative estimate of drug-likeness (QED) is 0.698. The van der Waals surface area contributed by atoms with Crippen LogP contribution in [0.2, 0.25) is 0 Å². The number of aliphatic hydroxyl groups is 1. The molecule has 0 unspecified atom stereocenters. The van der Waals surface area contributed by atoms with Gasteiger partial charge >= 0.3 is 5.97 Å². The molecule has 0 aromatic heterocycles. The number of nitrogens with zero attached hydrogens (tertiary/aromatic N) is 1. The van der Waals surface area contributed by atoms with Gasteiger partial charge in [0.1, 0.15) is 0 Å². The number of amides is 1. The van der Waals surface area contributed by atoms with Crippen LogP contribution in [-0.4, -0.2) is 36.2 Å². The second kappa shape index (κ2) is 9.73. The van der Waals surface area contributed by atoms with Crippen molar-refractivity contribution in [2.24, 2.45) is 0 Å². The third kappa shape index (κ3) is 5.82. The van der Waals surface area contributed by atoms with Crippen LogP contribution in [-0.2, 0) is 16.1 Å². The van der Waals surface area contributed by atoms with E-state index in [0.717, 1.165) is 12.2 Å². The number of aliphatic hydroxyl groups excluding tert-OH is 1. The number of benzene rings is 2. The number of hydrogen-bond acceptors (Lipinski definition) is 5. The lowest BCUT2D eigenvalue weighted by atomic mass is 10.1. The first-order valence-corrected chi connectivity index (χ1v) is 8.98. The molecule has 0 radical (unpaired) electrons. The van der Waals surface area contributed by atoms with Crippen molar-refractivity contribution in [3.8, 4) is 0 Å². The number of ether oxygens (including phenoxy) is 1. The van der Waals surface area contributed by atoms with Gasteiger partial charge in [0, 0.05) is 24.0 Å². The lowest BCUT2D eigenvalue weighted by molar-refractivity contribution is -0.119. The number of anilines is 2. The Bertz CT molecular complexity index is 755. The molecule has 0 spiro atoms. The van der Waals surface area contributed by atoms with E-state index in [-0.39, 0.29) is 13.2 Å². The fraction of sp³-hybridized carbons (Fsp3) is 0.333. The van der Waals surface area contributed by atoms with Gasteiger partial charge in [-0.3, -0.25) is 4.79 Å². The Morgan fingerprint density at radius 1 is 1.07 bits per heavy atom. The molecule has 144 valence electrons. The summed E-state index contributed by atoms with van der Waals surface area (Å²) in [5.41, 5.74) is 2.76. The van der Waals surface area contributed by atoms with E-state index in [4.69, 9.17) is 9.84 Å². The summed E-state index contributed by atoms with van der Waals surface area (Å²) in [6.07, 6.45) is 0. The van der Waals surface area contributed by atoms with E-state index in [1.54, 1.807) is 24.3 Å². The van der Waals surface area contributed by atoms with E-state index in [1.807, 2.05) is 24.3 Å². The third-order valence-electron chi connectivity index (χ3n) is 4.15. The summed E-state index contributed by atoms with van der Waals surface area (Å²) >= 11 is 0. The van der Waals surface area contributed by atoms with Crippen molar-refractivity contribution in [2.75, 3.05) is 23.4 Å². The summed E-state index contributed by atoms with van der Waals surface area (Å²) in [7, 11) is 0. The summed E-state index contributed by atoms with van der Waals surface area (Å²) in [5, 5.41) is 11.7. The molecule has 2 aromatic carbocycles. The highest BCUT2D eigenvalue weighted by molar-refractivity contribution is 5.95. The van der Waals surface area contributed by atoms with E-state index in [0.29, 0.717) is 22.9 Å². The number of hydrogen-bond donors (Lipinski definition) is 2. The predicted molar refractivity (Wildman–Crippen MR) is 106 cm³/mol. The first kappa shape index (κ1) is 20.5. The molecular weight excluding hydrogens is 344 g/mol. The average Bonchev–Trinajstić information content (AvgIpc) is 2.68. The van der Waals surface area contributed by atoms with Gasteiger partial charge in [-0.1, -0.05) is 12.1 Å². The van der Waals surface area contributed by atoms with Crippen molar-refractivity contribution in [2.45, 2.75) is 33.4 Å². The van der Waals surface area contributed by atoms with Crippen LogP contribution in [0.15, 0.2) is 48.5 Å². The molecule has 6 nitrogen and oxygen atoms in total. The SMILES string of the molecule is CCN(c1ccc(NC(=O)COC(=O)c2ccc(CO)cc2)cc1)C(C)C. The summed E-state index contributed by atoms with van der Waals surface area (Å²) in [6.45, 7) is 6.80. The Balaban J connectivity index is 1.87. The zero-order valence-electron chi connectivity index (χ0n) is 15.9. The van der Waals surface area contributed by atoms with Crippen molar-refractivity contribution in [3.05, 3.63) is 59.7 Å². The molecule has 2 aromatic rings. The number of esters is 1. The summed E-state index contributed by atoms with van der Waals surface area (Å²) < 4.78 is 5.02. The highest BCUT2D eigenvalue weighted by atomic mass is 16.5. The van der Waals surface area contributed by atoms with E-state index in [9.17, 15) is 9.59 Å². The van der Waals surface area contributed by atoms with Crippen molar-refractivity contribution in [1.29, 1.82) is 0 Å². The van der Waals surface area contributed by atoms with Crippen LogP contribution in [0, 0.1) is 0 Å². The van der Waals surface area contributed by atoms with Gasteiger partial charge in [0.2, 0.25) is 0 Å². The highest BCUT2D eigenvalue weighted by Crippen LogP contribution is 2.19. The predicted octanol–water partition coefficient (Wildman–Crippen LogP) is 3.21. The van der Waals surface area contributed by atoms with Crippen LogP contribution < -0.4 is 10.2 Å². The largest absolute Gasteiger partial charge is 0.452 e. The van der Waals surface area contributed by atoms with Crippen molar-refractivity contribution in [1.82, 2.24) is 0 Å². The molecule has 0 saturated carbocycles. The van der Waals surface area contributed by atoms with E-state index in [2.05, 4.69) is 31.0 Å². The van der Waals surface area contributed by atoms with E-state index < -0.39 is 11.9 Å². The number of carbonyl (C=O) groups excluding carboxylic acids is 2. The lowest BCUT2D eigenvalue weighted by Crippen LogP contribution is -2.30. The molecular formula is C21H26N2O4. The molecule has 0 heterocycles. The zero-order valence-corrected chi connectivity index (χ0v) is 15.9. The standard InChI is InChI=1S/C21H26N2O4/c1-4-23(15(2)3)19-11-9-18(10-12-19)22-20(25)14-27-21(26)17-7-5-16(13-24)6-8-17/h5-12,15,24H,4,13-14H2,1-3H3,(H,22,25). The second-order valence-corrected chi connectivity index (χ2v) is 6.41. The monoisotopic (exact) mass is 370 g/mol. The van der Waals surface area contributed by atoms with Crippen molar-refractivity contribution in [3.63, 3.8) is 0 Å². The first-order chi connectivity index (χ1) is 12.9. The topological polar surface area (TPSA) is 78.9 Å². The van der Waals surface area contributed by atoms with Gasteiger partial charge in [-0.25, -0.2) is 4.79 Å². The van der Waals surface area contributed by atoms with Gasteiger partial charge < -0.3 is 20.1 Å². The maximum absolute atomic E-state index is 12.0. The van der Waals surface area contributed by atoms with E-state index in [1.165, 1.54) is 0 Å². The van der Waals surface area contributed by atoms with Crippen LogP contribution in [0.5, 0.6) is 0 Å². The van der Waals surface area contributed by atoms with Gasteiger partial charge in [-0.2, -0.15) is 0 Å². The lowest BCUT2D eigenvalue weighted by Gasteiger charge is -2.27. The summed E-state index contributed by atoms with van der Waals surface area (Å²) in [4.78, 5) is 26.2. The molecule has 6 heteroatoms. The van der Waals surface area contributed by atoms with Gasteiger partial charge in [-0.15, -0.1) is 0 Å². The molecule has 2 N–H and O–H groups in total. The maximum Gasteiger partial charge on any atom is 0.338 e.